The van der Waals surface area contributed by atoms with Crippen LogP contribution >= 0.6 is 0 Å². The average Bonchev–Trinajstić information content (AvgIpc) is 2.91. The maximum atomic E-state index is 12.2. The molecule has 2 amide bonds. The molecule has 1 aliphatic heterocycles. The SMILES string of the molecule is CC(C)CCC(C)NC(=O)c1ccc(CN2CCCC2=O)cc1. The summed E-state index contributed by atoms with van der Waals surface area (Å²) in [6, 6.07) is 7.77. The van der Waals surface area contributed by atoms with E-state index in [9.17, 15) is 9.59 Å². The first kappa shape index (κ1) is 17.5. The van der Waals surface area contributed by atoms with Crippen molar-refractivity contribution in [2.45, 2.75) is 59.0 Å². The third kappa shape index (κ3) is 5.38. The lowest BCUT2D eigenvalue weighted by Crippen LogP contribution is -2.32. The lowest BCUT2D eigenvalue weighted by Gasteiger charge is -2.17. The van der Waals surface area contributed by atoms with Gasteiger partial charge in [0.05, 0.1) is 0 Å². The molecular weight excluding hydrogens is 288 g/mol. The van der Waals surface area contributed by atoms with Gasteiger partial charge in [0.25, 0.3) is 5.91 Å². The number of carbonyl (C=O) groups is 2. The van der Waals surface area contributed by atoms with Crippen molar-refractivity contribution in [3.8, 4) is 0 Å². The summed E-state index contributed by atoms with van der Waals surface area (Å²) in [6.07, 6.45) is 3.73. The van der Waals surface area contributed by atoms with E-state index in [2.05, 4.69) is 19.2 Å². The van der Waals surface area contributed by atoms with Gasteiger partial charge in [-0.15, -0.1) is 0 Å². The molecule has 0 aromatic heterocycles. The molecule has 0 bridgehead atoms. The Labute approximate surface area is 139 Å². The van der Waals surface area contributed by atoms with Gasteiger partial charge in [-0.3, -0.25) is 9.59 Å². The molecule has 4 nitrogen and oxygen atoms in total. The van der Waals surface area contributed by atoms with Gasteiger partial charge in [0.15, 0.2) is 0 Å². The van der Waals surface area contributed by atoms with Crippen LogP contribution in [0, 0.1) is 5.92 Å². The van der Waals surface area contributed by atoms with E-state index in [1.165, 1.54) is 0 Å². The molecule has 1 saturated heterocycles. The largest absolute Gasteiger partial charge is 0.350 e. The summed E-state index contributed by atoms with van der Waals surface area (Å²) in [6.45, 7) is 7.92. The van der Waals surface area contributed by atoms with Gasteiger partial charge < -0.3 is 10.2 Å². The molecule has 1 aromatic rings. The molecule has 0 spiro atoms. The van der Waals surface area contributed by atoms with E-state index in [-0.39, 0.29) is 17.9 Å². The van der Waals surface area contributed by atoms with Crippen LogP contribution in [0.1, 0.15) is 62.4 Å². The summed E-state index contributed by atoms with van der Waals surface area (Å²) in [7, 11) is 0. The van der Waals surface area contributed by atoms with E-state index in [0.29, 0.717) is 24.4 Å². The number of likely N-dealkylation sites (tertiary alicyclic amines) is 1. The highest BCUT2D eigenvalue weighted by Crippen LogP contribution is 2.15. The van der Waals surface area contributed by atoms with E-state index >= 15 is 0 Å². The first-order chi connectivity index (χ1) is 11.0. The number of carbonyl (C=O) groups excluding carboxylic acids is 2. The minimum Gasteiger partial charge on any atom is -0.350 e. The summed E-state index contributed by atoms with van der Waals surface area (Å²) in [4.78, 5) is 25.8. The summed E-state index contributed by atoms with van der Waals surface area (Å²) in [5.74, 6) is 0.859. The molecule has 23 heavy (non-hydrogen) atoms. The number of nitrogens with zero attached hydrogens (tertiary/aromatic N) is 1. The Balaban J connectivity index is 1.86. The van der Waals surface area contributed by atoms with E-state index in [1.54, 1.807) is 0 Å². The van der Waals surface area contributed by atoms with Gasteiger partial charge in [-0.1, -0.05) is 26.0 Å². The zero-order chi connectivity index (χ0) is 16.8. The van der Waals surface area contributed by atoms with Gasteiger partial charge in [-0.25, -0.2) is 0 Å². The van der Waals surface area contributed by atoms with Gasteiger partial charge in [-0.05, 0) is 49.8 Å². The second-order valence-corrected chi connectivity index (χ2v) is 6.96. The van der Waals surface area contributed by atoms with Gasteiger partial charge in [0, 0.05) is 31.1 Å². The van der Waals surface area contributed by atoms with Crippen molar-refractivity contribution in [1.82, 2.24) is 10.2 Å². The summed E-state index contributed by atoms with van der Waals surface area (Å²) >= 11 is 0. The third-order valence-electron chi connectivity index (χ3n) is 4.32. The second kappa shape index (κ2) is 8.14. The quantitative estimate of drug-likeness (QED) is 0.838. The Hall–Kier alpha value is -1.84. The fraction of sp³-hybridized carbons (Fsp3) is 0.579. The van der Waals surface area contributed by atoms with E-state index in [0.717, 1.165) is 31.4 Å². The molecule has 1 aliphatic rings. The minimum atomic E-state index is -0.0231. The van der Waals surface area contributed by atoms with Crippen molar-refractivity contribution in [1.29, 1.82) is 0 Å². The number of nitrogens with one attached hydrogen (secondary N) is 1. The van der Waals surface area contributed by atoms with Crippen molar-refractivity contribution >= 4 is 11.8 Å². The van der Waals surface area contributed by atoms with E-state index < -0.39 is 0 Å². The molecule has 1 N–H and O–H groups in total. The fourth-order valence-electron chi connectivity index (χ4n) is 2.82. The number of hydrogen-bond acceptors (Lipinski definition) is 2. The Bertz CT molecular complexity index is 537. The predicted octanol–water partition coefficient (Wildman–Crippen LogP) is 3.36. The number of rotatable bonds is 7. The molecule has 0 aliphatic carbocycles. The Morgan fingerprint density at radius 3 is 2.43 bits per heavy atom. The van der Waals surface area contributed by atoms with Crippen molar-refractivity contribution in [2.24, 2.45) is 5.92 Å². The topological polar surface area (TPSA) is 49.4 Å². The summed E-state index contributed by atoms with van der Waals surface area (Å²) in [5.41, 5.74) is 1.75. The highest BCUT2D eigenvalue weighted by atomic mass is 16.2. The molecule has 0 radical (unpaired) electrons. The van der Waals surface area contributed by atoms with Gasteiger partial charge in [0.1, 0.15) is 0 Å². The Kier molecular flexibility index (Phi) is 6.20. The standard InChI is InChI=1S/C19H28N2O2/c1-14(2)6-7-15(3)20-19(23)17-10-8-16(9-11-17)13-21-12-4-5-18(21)22/h8-11,14-15H,4-7,12-13H2,1-3H3,(H,20,23). The van der Waals surface area contributed by atoms with Crippen molar-refractivity contribution in [3.63, 3.8) is 0 Å². The molecule has 126 valence electrons. The highest BCUT2D eigenvalue weighted by Gasteiger charge is 2.20. The third-order valence-corrected chi connectivity index (χ3v) is 4.32. The van der Waals surface area contributed by atoms with E-state index in [1.807, 2.05) is 36.1 Å². The molecular formula is C19H28N2O2. The normalized spacial score (nSPS) is 16.0. The lowest BCUT2D eigenvalue weighted by molar-refractivity contribution is -0.128. The highest BCUT2D eigenvalue weighted by molar-refractivity contribution is 5.94. The fourth-order valence-corrected chi connectivity index (χ4v) is 2.82. The minimum absolute atomic E-state index is 0.0231. The molecule has 1 atom stereocenters. The molecule has 1 fully saturated rings. The zero-order valence-corrected chi connectivity index (χ0v) is 14.5. The van der Waals surface area contributed by atoms with Crippen LogP contribution in [0.2, 0.25) is 0 Å². The predicted molar refractivity (Wildman–Crippen MR) is 92.1 cm³/mol. The van der Waals surface area contributed by atoms with Crippen LogP contribution in [0.15, 0.2) is 24.3 Å². The molecule has 1 unspecified atom stereocenters. The monoisotopic (exact) mass is 316 g/mol. The van der Waals surface area contributed by atoms with Crippen LogP contribution in [0.5, 0.6) is 0 Å². The zero-order valence-electron chi connectivity index (χ0n) is 14.5. The second-order valence-electron chi connectivity index (χ2n) is 6.96. The van der Waals surface area contributed by atoms with E-state index in [4.69, 9.17) is 0 Å². The van der Waals surface area contributed by atoms with Crippen molar-refractivity contribution in [2.75, 3.05) is 6.54 Å². The summed E-state index contributed by atoms with van der Waals surface area (Å²) in [5, 5.41) is 3.05. The number of amides is 2. The van der Waals surface area contributed by atoms with Crippen LogP contribution < -0.4 is 5.32 Å². The smallest absolute Gasteiger partial charge is 0.251 e. The number of hydrogen-bond donors (Lipinski definition) is 1. The van der Waals surface area contributed by atoms with Crippen LogP contribution in [-0.2, 0) is 11.3 Å². The lowest BCUT2D eigenvalue weighted by atomic mass is 10.0. The van der Waals surface area contributed by atoms with Gasteiger partial charge >= 0.3 is 0 Å². The van der Waals surface area contributed by atoms with Crippen LogP contribution in [0.25, 0.3) is 0 Å². The Morgan fingerprint density at radius 1 is 1.17 bits per heavy atom. The first-order valence-electron chi connectivity index (χ1n) is 8.63. The van der Waals surface area contributed by atoms with Crippen LogP contribution in [0.4, 0.5) is 0 Å². The first-order valence-corrected chi connectivity index (χ1v) is 8.63. The molecule has 2 rings (SSSR count). The summed E-state index contributed by atoms with van der Waals surface area (Å²) < 4.78 is 0. The van der Waals surface area contributed by atoms with Gasteiger partial charge in [-0.2, -0.15) is 0 Å². The maximum absolute atomic E-state index is 12.2. The number of benzene rings is 1. The average molecular weight is 316 g/mol. The van der Waals surface area contributed by atoms with Gasteiger partial charge in [0.2, 0.25) is 5.91 Å². The Morgan fingerprint density at radius 2 is 1.87 bits per heavy atom. The molecule has 1 aromatic carbocycles. The molecule has 4 heteroatoms. The molecule has 0 saturated carbocycles. The van der Waals surface area contributed by atoms with Crippen molar-refractivity contribution < 1.29 is 9.59 Å². The van der Waals surface area contributed by atoms with Crippen molar-refractivity contribution in [3.05, 3.63) is 35.4 Å². The maximum Gasteiger partial charge on any atom is 0.251 e. The molecule has 1 heterocycles. The van der Waals surface area contributed by atoms with Crippen LogP contribution in [-0.4, -0.2) is 29.3 Å². The van der Waals surface area contributed by atoms with Crippen LogP contribution in [0.3, 0.4) is 0 Å².